The van der Waals surface area contributed by atoms with E-state index in [9.17, 15) is 14.9 Å². The molecule has 2 aromatic carbocycles. The molecule has 30 heavy (non-hydrogen) atoms. The maximum atomic E-state index is 12.6. The van der Waals surface area contributed by atoms with Gasteiger partial charge in [-0.2, -0.15) is 0 Å². The number of non-ortho nitro benzene ring substituents is 1. The van der Waals surface area contributed by atoms with Crippen LogP contribution in [0.4, 0.5) is 11.4 Å². The first kappa shape index (κ1) is 23.3. The number of thiocarbonyl (C=S) groups is 1. The van der Waals surface area contributed by atoms with Crippen LogP contribution in [0.3, 0.4) is 0 Å². The van der Waals surface area contributed by atoms with Gasteiger partial charge in [-0.3, -0.25) is 14.9 Å². The molecular formula is C22H27N3O4S. The van der Waals surface area contributed by atoms with Crippen molar-refractivity contribution in [1.82, 2.24) is 5.32 Å². The van der Waals surface area contributed by atoms with Crippen molar-refractivity contribution >= 4 is 34.6 Å². The van der Waals surface area contributed by atoms with Gasteiger partial charge in [0.15, 0.2) is 5.11 Å². The molecule has 0 fully saturated rings. The van der Waals surface area contributed by atoms with Gasteiger partial charge in [-0.05, 0) is 68.2 Å². The molecule has 2 N–H and O–H groups in total. The molecule has 0 heterocycles. The number of carbonyl (C=O) groups is 1. The van der Waals surface area contributed by atoms with Crippen molar-refractivity contribution in [2.45, 2.75) is 40.5 Å². The smallest absolute Gasteiger partial charge is 0.269 e. The average Bonchev–Trinajstić information content (AvgIpc) is 2.68. The number of rotatable bonds is 8. The number of nitrogens with one attached hydrogen (secondary N) is 2. The van der Waals surface area contributed by atoms with Crippen LogP contribution in [0.5, 0.6) is 5.75 Å². The van der Waals surface area contributed by atoms with Crippen LogP contribution in [-0.2, 0) is 4.79 Å². The van der Waals surface area contributed by atoms with Gasteiger partial charge in [-0.15, -0.1) is 0 Å². The van der Waals surface area contributed by atoms with E-state index in [1.54, 1.807) is 0 Å². The number of aryl methyl sites for hydroxylation is 2. The van der Waals surface area contributed by atoms with Gasteiger partial charge in [-0.25, -0.2) is 0 Å². The molecule has 0 saturated heterocycles. The third-order valence-corrected chi connectivity index (χ3v) is 4.93. The van der Waals surface area contributed by atoms with Gasteiger partial charge < -0.3 is 15.4 Å². The Kier molecular flexibility index (Phi) is 7.88. The molecule has 160 valence electrons. The minimum Gasteiger partial charge on any atom is -0.493 e. The second kappa shape index (κ2) is 10.2. The monoisotopic (exact) mass is 429 g/mol. The standard InChI is InChI=1S/C22H27N3O4S/c1-15-6-7-16(2)19(14-15)29-13-5-12-22(3,4)20(26)24-21(30)23-17-8-10-18(11-9-17)25(27)28/h6-11,14H,5,12-13H2,1-4H3,(H2,23,24,26,30). The molecule has 2 rings (SSSR count). The zero-order valence-electron chi connectivity index (χ0n) is 17.7. The minimum atomic E-state index is -0.633. The van der Waals surface area contributed by atoms with Crippen LogP contribution in [0, 0.1) is 29.4 Å². The summed E-state index contributed by atoms with van der Waals surface area (Å²) in [5.74, 6) is 0.666. The Bertz CT molecular complexity index is 926. The quantitative estimate of drug-likeness (QED) is 0.268. The highest BCUT2D eigenvalue weighted by Crippen LogP contribution is 2.24. The molecule has 0 aromatic heterocycles. The van der Waals surface area contributed by atoms with Crippen LogP contribution in [0.2, 0.25) is 0 Å². The number of ether oxygens (including phenoxy) is 1. The highest BCUT2D eigenvalue weighted by Gasteiger charge is 2.27. The second-order valence-corrected chi connectivity index (χ2v) is 8.23. The number of nitro groups is 1. The molecule has 0 bridgehead atoms. The molecule has 0 aliphatic heterocycles. The first-order valence-corrected chi connectivity index (χ1v) is 10.1. The Balaban J connectivity index is 1.80. The molecule has 0 saturated carbocycles. The third kappa shape index (κ3) is 6.81. The SMILES string of the molecule is Cc1ccc(C)c(OCCCC(C)(C)C(=O)NC(=S)Nc2ccc([N+](=O)[O-])cc2)c1. The van der Waals surface area contributed by atoms with Crippen molar-refractivity contribution in [2.24, 2.45) is 5.41 Å². The predicted octanol–water partition coefficient (Wildman–Crippen LogP) is 4.91. The van der Waals surface area contributed by atoms with Crippen LogP contribution < -0.4 is 15.4 Å². The van der Waals surface area contributed by atoms with Crippen molar-refractivity contribution in [3.05, 3.63) is 63.7 Å². The molecule has 7 nitrogen and oxygen atoms in total. The summed E-state index contributed by atoms with van der Waals surface area (Å²) in [5, 5.41) is 16.4. The molecule has 0 radical (unpaired) electrons. The zero-order valence-corrected chi connectivity index (χ0v) is 18.5. The van der Waals surface area contributed by atoms with Crippen molar-refractivity contribution in [3.63, 3.8) is 0 Å². The number of nitro benzene ring substituents is 1. The van der Waals surface area contributed by atoms with Crippen molar-refractivity contribution in [1.29, 1.82) is 0 Å². The summed E-state index contributed by atoms with van der Waals surface area (Å²) in [6.07, 6.45) is 1.35. The lowest BCUT2D eigenvalue weighted by molar-refractivity contribution is -0.384. The second-order valence-electron chi connectivity index (χ2n) is 7.82. The molecule has 2 aromatic rings. The lowest BCUT2D eigenvalue weighted by Gasteiger charge is -2.24. The molecule has 1 amide bonds. The van der Waals surface area contributed by atoms with Crippen molar-refractivity contribution < 1.29 is 14.5 Å². The van der Waals surface area contributed by atoms with Gasteiger partial charge >= 0.3 is 0 Å². The van der Waals surface area contributed by atoms with E-state index < -0.39 is 10.3 Å². The van der Waals surface area contributed by atoms with Crippen LogP contribution in [-0.4, -0.2) is 22.5 Å². The van der Waals surface area contributed by atoms with E-state index in [2.05, 4.69) is 10.6 Å². The molecule has 8 heteroatoms. The Hall–Kier alpha value is -3.00. The molecule has 0 aliphatic rings. The first-order valence-electron chi connectivity index (χ1n) is 9.65. The van der Waals surface area contributed by atoms with E-state index in [-0.39, 0.29) is 16.7 Å². The summed E-state index contributed by atoms with van der Waals surface area (Å²) < 4.78 is 5.86. The van der Waals surface area contributed by atoms with Crippen LogP contribution in [0.15, 0.2) is 42.5 Å². The van der Waals surface area contributed by atoms with Gasteiger partial charge in [0.25, 0.3) is 5.69 Å². The highest BCUT2D eigenvalue weighted by atomic mass is 32.1. The maximum absolute atomic E-state index is 12.6. The van der Waals surface area contributed by atoms with Gasteiger partial charge in [0.2, 0.25) is 5.91 Å². The summed E-state index contributed by atoms with van der Waals surface area (Å²) >= 11 is 5.19. The number of anilines is 1. The number of nitrogens with zero attached hydrogens (tertiary/aromatic N) is 1. The number of amides is 1. The first-order chi connectivity index (χ1) is 14.1. The average molecular weight is 430 g/mol. The van der Waals surface area contributed by atoms with Crippen molar-refractivity contribution in [3.8, 4) is 5.75 Å². The Labute approximate surface area is 182 Å². The highest BCUT2D eigenvalue weighted by molar-refractivity contribution is 7.80. The molecule has 0 unspecified atom stereocenters. The summed E-state index contributed by atoms with van der Waals surface area (Å²) in [4.78, 5) is 22.8. The topological polar surface area (TPSA) is 93.5 Å². The van der Waals surface area contributed by atoms with E-state index in [0.717, 1.165) is 23.3 Å². The number of hydrogen-bond donors (Lipinski definition) is 2. The van der Waals surface area contributed by atoms with Gasteiger partial charge in [-0.1, -0.05) is 26.0 Å². The normalized spacial score (nSPS) is 10.9. The van der Waals surface area contributed by atoms with E-state index in [1.807, 2.05) is 45.9 Å². The lowest BCUT2D eigenvalue weighted by atomic mass is 9.87. The minimum absolute atomic E-state index is 0.0142. The Morgan fingerprint density at radius 1 is 1.17 bits per heavy atom. The fourth-order valence-corrected chi connectivity index (χ4v) is 2.98. The van der Waals surface area contributed by atoms with Gasteiger partial charge in [0.05, 0.1) is 11.5 Å². The van der Waals surface area contributed by atoms with Crippen molar-refractivity contribution in [2.75, 3.05) is 11.9 Å². The number of hydrogen-bond acceptors (Lipinski definition) is 5. The molecular weight excluding hydrogens is 402 g/mol. The van der Waals surface area contributed by atoms with Crippen LogP contribution >= 0.6 is 12.2 Å². The molecule has 0 aliphatic carbocycles. The van der Waals surface area contributed by atoms with E-state index in [1.165, 1.54) is 24.3 Å². The number of carbonyl (C=O) groups excluding carboxylic acids is 1. The third-order valence-electron chi connectivity index (χ3n) is 4.73. The summed E-state index contributed by atoms with van der Waals surface area (Å²) in [5.41, 5.74) is 2.14. The lowest BCUT2D eigenvalue weighted by Crippen LogP contribution is -2.42. The van der Waals surface area contributed by atoms with E-state index >= 15 is 0 Å². The van der Waals surface area contributed by atoms with Crippen LogP contribution in [0.25, 0.3) is 0 Å². The fraction of sp³-hybridized carbons (Fsp3) is 0.364. The molecule has 0 spiro atoms. The summed E-state index contributed by atoms with van der Waals surface area (Å²) in [6.45, 7) is 8.26. The van der Waals surface area contributed by atoms with E-state index in [4.69, 9.17) is 17.0 Å². The van der Waals surface area contributed by atoms with Crippen LogP contribution in [0.1, 0.15) is 37.8 Å². The zero-order chi connectivity index (χ0) is 22.3. The fourth-order valence-electron chi connectivity index (χ4n) is 2.77. The van der Waals surface area contributed by atoms with Gasteiger partial charge in [0.1, 0.15) is 5.75 Å². The summed E-state index contributed by atoms with van der Waals surface area (Å²) in [7, 11) is 0. The van der Waals surface area contributed by atoms with Gasteiger partial charge in [0, 0.05) is 23.2 Å². The summed E-state index contributed by atoms with van der Waals surface area (Å²) in [6, 6.07) is 11.9. The predicted molar refractivity (Wildman–Crippen MR) is 122 cm³/mol. The van der Waals surface area contributed by atoms with E-state index in [0.29, 0.717) is 18.7 Å². The Morgan fingerprint density at radius 2 is 1.83 bits per heavy atom. The number of benzene rings is 2. The maximum Gasteiger partial charge on any atom is 0.269 e. The molecule has 0 atom stereocenters. The Morgan fingerprint density at radius 3 is 2.47 bits per heavy atom. The largest absolute Gasteiger partial charge is 0.493 e.